The van der Waals surface area contributed by atoms with Crippen LogP contribution in [0.25, 0.3) is 0 Å². The quantitative estimate of drug-likeness (QED) is 0.715. The Morgan fingerprint density at radius 2 is 2.29 bits per heavy atom. The summed E-state index contributed by atoms with van der Waals surface area (Å²) in [5.41, 5.74) is 7.30. The molecule has 5 nitrogen and oxygen atoms in total. The molecular formula is C11H11ClN4O. The predicted molar refractivity (Wildman–Crippen MR) is 67.1 cm³/mol. The summed E-state index contributed by atoms with van der Waals surface area (Å²) in [6.45, 7) is 1.84. The van der Waals surface area contributed by atoms with Crippen molar-refractivity contribution in [3.8, 4) is 0 Å². The zero-order valence-corrected chi connectivity index (χ0v) is 9.88. The number of aryl methyl sites for hydroxylation is 1. The summed E-state index contributed by atoms with van der Waals surface area (Å²) >= 11 is 5.94. The van der Waals surface area contributed by atoms with Gasteiger partial charge in [0.1, 0.15) is 5.82 Å². The molecule has 4 N–H and O–H groups in total. The molecule has 1 amide bonds. The maximum atomic E-state index is 11.9. The zero-order chi connectivity index (χ0) is 12.4. The Hall–Kier alpha value is -2.01. The van der Waals surface area contributed by atoms with Crippen LogP contribution in [0.2, 0.25) is 5.02 Å². The third-order valence-corrected chi connectivity index (χ3v) is 2.62. The standard InChI is InChI=1S/C11H11ClN4O/c1-6-5-14-16-10(6)15-11(17)8-3-2-7(13)4-9(8)12/h2-5H,13H2,1H3,(H2,14,15,16,17). The maximum Gasteiger partial charge on any atom is 0.258 e. The number of benzene rings is 1. The number of rotatable bonds is 2. The molecule has 0 unspecified atom stereocenters. The first-order valence-electron chi connectivity index (χ1n) is 4.94. The summed E-state index contributed by atoms with van der Waals surface area (Å²) < 4.78 is 0. The van der Waals surface area contributed by atoms with Crippen LogP contribution in [0.1, 0.15) is 15.9 Å². The topological polar surface area (TPSA) is 83.8 Å². The number of halogens is 1. The zero-order valence-electron chi connectivity index (χ0n) is 9.12. The molecule has 1 aromatic heterocycles. The fraction of sp³-hybridized carbons (Fsp3) is 0.0909. The summed E-state index contributed by atoms with van der Waals surface area (Å²) in [6, 6.07) is 4.75. The van der Waals surface area contributed by atoms with E-state index in [4.69, 9.17) is 17.3 Å². The van der Waals surface area contributed by atoms with Crippen molar-refractivity contribution in [2.75, 3.05) is 11.1 Å². The van der Waals surface area contributed by atoms with Gasteiger partial charge in [0.2, 0.25) is 0 Å². The number of anilines is 2. The summed E-state index contributed by atoms with van der Waals surface area (Å²) in [4.78, 5) is 11.9. The van der Waals surface area contributed by atoms with Gasteiger partial charge < -0.3 is 11.1 Å². The van der Waals surface area contributed by atoms with E-state index in [9.17, 15) is 4.79 Å². The van der Waals surface area contributed by atoms with Crippen LogP contribution >= 0.6 is 11.6 Å². The number of nitrogen functional groups attached to an aromatic ring is 1. The third-order valence-electron chi connectivity index (χ3n) is 2.31. The van der Waals surface area contributed by atoms with E-state index in [2.05, 4.69) is 15.5 Å². The van der Waals surface area contributed by atoms with Crippen molar-refractivity contribution >= 4 is 29.0 Å². The predicted octanol–water partition coefficient (Wildman–Crippen LogP) is 2.21. The van der Waals surface area contributed by atoms with Crippen LogP contribution in [0.5, 0.6) is 0 Å². The highest BCUT2D eigenvalue weighted by Gasteiger charge is 2.12. The molecule has 0 bridgehead atoms. The minimum atomic E-state index is -0.303. The van der Waals surface area contributed by atoms with Gasteiger partial charge in [0.25, 0.3) is 5.91 Å². The van der Waals surface area contributed by atoms with Crippen LogP contribution in [-0.4, -0.2) is 16.1 Å². The van der Waals surface area contributed by atoms with E-state index in [1.54, 1.807) is 18.3 Å². The number of nitrogens with two attached hydrogens (primary N) is 1. The fourth-order valence-corrected chi connectivity index (χ4v) is 1.64. The van der Waals surface area contributed by atoms with Crippen LogP contribution in [0.4, 0.5) is 11.5 Å². The Morgan fingerprint density at radius 1 is 1.53 bits per heavy atom. The molecule has 0 fully saturated rings. The molecule has 0 radical (unpaired) electrons. The van der Waals surface area contributed by atoms with Crippen molar-refractivity contribution in [1.29, 1.82) is 0 Å². The van der Waals surface area contributed by atoms with E-state index in [1.165, 1.54) is 6.07 Å². The molecule has 0 spiro atoms. The number of hydrogen-bond acceptors (Lipinski definition) is 3. The average Bonchev–Trinajstić information content (AvgIpc) is 2.64. The lowest BCUT2D eigenvalue weighted by Gasteiger charge is -2.06. The number of aromatic amines is 1. The van der Waals surface area contributed by atoms with Gasteiger partial charge in [0.05, 0.1) is 16.8 Å². The Labute approximate surface area is 103 Å². The van der Waals surface area contributed by atoms with Gasteiger partial charge in [-0.25, -0.2) is 0 Å². The number of carbonyl (C=O) groups excluding carboxylic acids is 1. The van der Waals surface area contributed by atoms with Crippen LogP contribution in [0, 0.1) is 6.92 Å². The monoisotopic (exact) mass is 250 g/mol. The Kier molecular flexibility index (Phi) is 3.01. The normalized spacial score (nSPS) is 10.2. The second kappa shape index (κ2) is 4.47. The van der Waals surface area contributed by atoms with E-state index < -0.39 is 0 Å². The van der Waals surface area contributed by atoms with Gasteiger partial charge in [0, 0.05) is 11.3 Å². The number of nitrogens with one attached hydrogen (secondary N) is 2. The van der Waals surface area contributed by atoms with Gasteiger partial charge in [-0.15, -0.1) is 0 Å². The van der Waals surface area contributed by atoms with Crippen LogP contribution in [0.15, 0.2) is 24.4 Å². The molecule has 88 valence electrons. The van der Waals surface area contributed by atoms with Crippen LogP contribution in [-0.2, 0) is 0 Å². The maximum absolute atomic E-state index is 11.9. The van der Waals surface area contributed by atoms with Crippen LogP contribution in [0.3, 0.4) is 0 Å². The SMILES string of the molecule is Cc1cn[nH]c1NC(=O)c1ccc(N)cc1Cl. The van der Waals surface area contributed by atoms with E-state index in [1.807, 2.05) is 6.92 Å². The minimum Gasteiger partial charge on any atom is -0.399 e. The van der Waals surface area contributed by atoms with Gasteiger partial charge in [-0.2, -0.15) is 5.10 Å². The Balaban J connectivity index is 2.23. The van der Waals surface area contributed by atoms with Gasteiger partial charge >= 0.3 is 0 Å². The molecule has 0 aliphatic carbocycles. The summed E-state index contributed by atoms with van der Waals surface area (Å²) in [5, 5.41) is 9.50. The number of nitrogens with zero attached hydrogens (tertiary/aromatic N) is 1. The largest absolute Gasteiger partial charge is 0.399 e. The highest BCUT2D eigenvalue weighted by Crippen LogP contribution is 2.20. The third kappa shape index (κ3) is 2.39. The highest BCUT2D eigenvalue weighted by atomic mass is 35.5. The summed E-state index contributed by atoms with van der Waals surface area (Å²) in [6.07, 6.45) is 1.63. The lowest BCUT2D eigenvalue weighted by atomic mass is 10.2. The molecule has 0 atom stereocenters. The first-order valence-corrected chi connectivity index (χ1v) is 5.32. The van der Waals surface area contributed by atoms with Crippen molar-refractivity contribution in [3.05, 3.63) is 40.5 Å². The number of hydrogen-bond donors (Lipinski definition) is 3. The lowest BCUT2D eigenvalue weighted by Crippen LogP contribution is -2.13. The first-order chi connectivity index (χ1) is 8.08. The summed E-state index contributed by atoms with van der Waals surface area (Å²) in [5.74, 6) is 0.255. The lowest BCUT2D eigenvalue weighted by molar-refractivity contribution is 0.102. The van der Waals surface area contributed by atoms with Gasteiger partial charge in [-0.3, -0.25) is 9.89 Å². The molecule has 0 saturated carbocycles. The molecule has 1 aromatic carbocycles. The number of aromatic nitrogens is 2. The Morgan fingerprint density at radius 3 is 2.88 bits per heavy atom. The molecule has 2 rings (SSSR count). The van der Waals surface area contributed by atoms with Crippen molar-refractivity contribution in [2.24, 2.45) is 0 Å². The molecule has 0 aliphatic rings. The van der Waals surface area contributed by atoms with Crippen molar-refractivity contribution in [2.45, 2.75) is 6.92 Å². The molecule has 0 aliphatic heterocycles. The average molecular weight is 251 g/mol. The second-order valence-electron chi connectivity index (χ2n) is 3.62. The van der Waals surface area contributed by atoms with Gasteiger partial charge in [0.15, 0.2) is 0 Å². The summed E-state index contributed by atoms with van der Waals surface area (Å²) in [7, 11) is 0. The number of H-pyrrole nitrogens is 1. The molecule has 2 aromatic rings. The molecule has 0 saturated heterocycles. The van der Waals surface area contributed by atoms with Crippen molar-refractivity contribution < 1.29 is 4.79 Å². The van der Waals surface area contributed by atoms with Crippen LogP contribution < -0.4 is 11.1 Å². The van der Waals surface area contributed by atoms with E-state index in [-0.39, 0.29) is 5.91 Å². The molecular weight excluding hydrogens is 240 g/mol. The molecule has 6 heteroatoms. The number of carbonyl (C=O) groups is 1. The first kappa shape index (κ1) is 11.5. The molecule has 1 heterocycles. The van der Waals surface area contributed by atoms with Gasteiger partial charge in [-0.1, -0.05) is 11.6 Å². The Bertz CT molecular complexity index is 564. The van der Waals surface area contributed by atoms with Crippen molar-refractivity contribution in [1.82, 2.24) is 10.2 Å². The second-order valence-corrected chi connectivity index (χ2v) is 4.03. The van der Waals surface area contributed by atoms with E-state index in [0.717, 1.165) is 5.56 Å². The van der Waals surface area contributed by atoms with Crippen molar-refractivity contribution in [3.63, 3.8) is 0 Å². The van der Waals surface area contributed by atoms with E-state index >= 15 is 0 Å². The minimum absolute atomic E-state index is 0.303. The molecule has 17 heavy (non-hydrogen) atoms. The highest BCUT2D eigenvalue weighted by molar-refractivity contribution is 6.34. The number of amides is 1. The van der Waals surface area contributed by atoms with Gasteiger partial charge in [-0.05, 0) is 25.1 Å². The van der Waals surface area contributed by atoms with E-state index in [0.29, 0.717) is 22.1 Å². The smallest absolute Gasteiger partial charge is 0.258 e. The fourth-order valence-electron chi connectivity index (χ4n) is 1.37.